The van der Waals surface area contributed by atoms with E-state index < -0.39 is 35.3 Å². The van der Waals surface area contributed by atoms with Gasteiger partial charge in [0, 0.05) is 5.56 Å². The Morgan fingerprint density at radius 3 is 2.36 bits per heavy atom. The zero-order valence-electron chi connectivity index (χ0n) is 19.2. The molecule has 36 heavy (non-hydrogen) atoms. The number of carbonyl (C=O) groups is 3. The van der Waals surface area contributed by atoms with Crippen molar-refractivity contribution in [2.24, 2.45) is 0 Å². The lowest BCUT2D eigenvalue weighted by Crippen LogP contribution is -2.29. The molecule has 180 valence electrons. The molecule has 0 bridgehead atoms. The second-order valence-corrected chi connectivity index (χ2v) is 9.27. The number of Topliss-reactive ketones (excluding diaryl/α,β-unsaturated/α-hetero) is 1. The van der Waals surface area contributed by atoms with E-state index in [1.165, 1.54) is 47.6 Å². The van der Waals surface area contributed by atoms with Gasteiger partial charge < -0.3 is 9.84 Å². The molecule has 5 rings (SSSR count). The number of hydrogen-bond donors (Lipinski definition) is 1. The molecule has 1 N–H and O–H groups in total. The molecule has 1 fully saturated rings. The Hall–Kier alpha value is -4.37. The van der Waals surface area contributed by atoms with E-state index in [4.69, 9.17) is 4.74 Å². The fraction of sp³-hybridized carbons (Fsp3) is 0.111. The molecule has 1 atom stereocenters. The van der Waals surface area contributed by atoms with Gasteiger partial charge in [-0.1, -0.05) is 29.5 Å². The molecule has 1 aromatic heterocycles. The van der Waals surface area contributed by atoms with Crippen molar-refractivity contribution in [2.75, 3.05) is 12.0 Å². The highest BCUT2D eigenvalue weighted by atomic mass is 32.1. The van der Waals surface area contributed by atoms with Crippen molar-refractivity contribution in [1.29, 1.82) is 0 Å². The number of benzene rings is 3. The number of aliphatic hydroxyl groups excluding tert-OH is 1. The van der Waals surface area contributed by atoms with Crippen LogP contribution in [-0.2, 0) is 14.3 Å². The van der Waals surface area contributed by atoms with Crippen LogP contribution in [0.25, 0.3) is 16.0 Å². The molecule has 0 spiro atoms. The van der Waals surface area contributed by atoms with Crippen LogP contribution >= 0.6 is 11.3 Å². The second kappa shape index (κ2) is 9.01. The quantitative estimate of drug-likeness (QED) is 0.179. The summed E-state index contributed by atoms with van der Waals surface area (Å²) in [6.07, 6.45) is 0. The third-order valence-corrected chi connectivity index (χ3v) is 6.97. The Morgan fingerprint density at radius 1 is 1.03 bits per heavy atom. The number of aliphatic hydroxyl groups is 1. The minimum Gasteiger partial charge on any atom is -0.507 e. The zero-order valence-corrected chi connectivity index (χ0v) is 20.0. The number of aromatic nitrogens is 1. The van der Waals surface area contributed by atoms with E-state index in [1.807, 2.05) is 25.1 Å². The highest BCUT2D eigenvalue weighted by Gasteiger charge is 2.48. The van der Waals surface area contributed by atoms with Crippen LogP contribution < -0.4 is 4.90 Å². The summed E-state index contributed by atoms with van der Waals surface area (Å²) in [7, 11) is 1.27. The van der Waals surface area contributed by atoms with Gasteiger partial charge in [0.2, 0.25) is 0 Å². The third kappa shape index (κ3) is 3.93. The summed E-state index contributed by atoms with van der Waals surface area (Å²) in [5.74, 6) is -3.23. The molecule has 1 saturated heterocycles. The summed E-state index contributed by atoms with van der Waals surface area (Å²) in [5, 5.41) is 11.4. The predicted molar refractivity (Wildman–Crippen MR) is 133 cm³/mol. The Labute approximate surface area is 209 Å². The number of hydrogen-bond acceptors (Lipinski definition) is 7. The molecule has 3 aromatic carbocycles. The number of ether oxygens (including phenoxy) is 1. The first kappa shape index (κ1) is 23.4. The van der Waals surface area contributed by atoms with Crippen molar-refractivity contribution >= 4 is 50.1 Å². The number of thiazole rings is 1. The Bertz CT molecular complexity index is 1560. The number of aryl methyl sites for hydroxylation is 1. The van der Waals surface area contributed by atoms with Gasteiger partial charge in [-0.2, -0.15) is 0 Å². The van der Waals surface area contributed by atoms with Crippen molar-refractivity contribution in [3.63, 3.8) is 0 Å². The maximum Gasteiger partial charge on any atom is 0.337 e. The monoisotopic (exact) mass is 502 g/mol. The molecule has 2 heterocycles. The van der Waals surface area contributed by atoms with Crippen LogP contribution in [0.2, 0.25) is 0 Å². The highest BCUT2D eigenvalue weighted by Crippen LogP contribution is 2.44. The lowest BCUT2D eigenvalue weighted by atomic mass is 9.95. The van der Waals surface area contributed by atoms with Crippen LogP contribution in [0.4, 0.5) is 9.52 Å². The first-order chi connectivity index (χ1) is 17.3. The average Bonchev–Trinajstić information content (AvgIpc) is 3.41. The van der Waals surface area contributed by atoms with Crippen LogP contribution in [0.5, 0.6) is 0 Å². The fourth-order valence-corrected chi connectivity index (χ4v) is 5.24. The smallest absolute Gasteiger partial charge is 0.337 e. The minimum absolute atomic E-state index is 0.159. The van der Waals surface area contributed by atoms with Gasteiger partial charge in [0.25, 0.3) is 5.78 Å². The maximum absolute atomic E-state index is 13.5. The van der Waals surface area contributed by atoms with E-state index in [9.17, 15) is 23.9 Å². The number of rotatable bonds is 4. The summed E-state index contributed by atoms with van der Waals surface area (Å²) in [6.45, 7) is 1.94. The number of fused-ring (bicyclic) bond motifs is 1. The summed E-state index contributed by atoms with van der Waals surface area (Å²) < 4.78 is 19.1. The molecule has 1 aliphatic rings. The van der Waals surface area contributed by atoms with Crippen LogP contribution in [0.15, 0.2) is 72.3 Å². The lowest BCUT2D eigenvalue weighted by molar-refractivity contribution is -0.132. The molecular weight excluding hydrogens is 483 g/mol. The van der Waals surface area contributed by atoms with Crippen LogP contribution in [0, 0.1) is 12.7 Å². The van der Waals surface area contributed by atoms with Gasteiger partial charge in [-0.15, -0.1) is 0 Å². The van der Waals surface area contributed by atoms with Crippen LogP contribution in [-0.4, -0.2) is 34.9 Å². The minimum atomic E-state index is -1.02. The van der Waals surface area contributed by atoms with E-state index in [1.54, 1.807) is 12.1 Å². The lowest BCUT2D eigenvalue weighted by Gasteiger charge is -2.23. The number of methoxy groups -OCH3 is 1. The van der Waals surface area contributed by atoms with Gasteiger partial charge in [0.1, 0.15) is 11.6 Å². The van der Waals surface area contributed by atoms with Gasteiger partial charge in [-0.05, 0) is 66.6 Å². The van der Waals surface area contributed by atoms with Crippen molar-refractivity contribution < 1.29 is 28.6 Å². The van der Waals surface area contributed by atoms with Crippen molar-refractivity contribution in [1.82, 2.24) is 4.98 Å². The Balaban J connectivity index is 1.70. The topological polar surface area (TPSA) is 96.8 Å². The van der Waals surface area contributed by atoms with E-state index in [0.717, 1.165) is 22.4 Å². The van der Waals surface area contributed by atoms with E-state index in [-0.39, 0.29) is 21.8 Å². The van der Waals surface area contributed by atoms with Crippen LogP contribution in [0.3, 0.4) is 0 Å². The van der Waals surface area contributed by atoms with Gasteiger partial charge in [0.15, 0.2) is 5.13 Å². The van der Waals surface area contributed by atoms with E-state index in [0.29, 0.717) is 11.1 Å². The standard InChI is InChI=1S/C27H19FN2O5S/c1-14-3-12-19-20(13-14)36-27(29-19)30-22(15-4-6-17(7-5-15)26(34)35-2)21(24(32)25(30)33)23(31)16-8-10-18(28)11-9-16/h3-13,22,31H,1-2H3/b23-21+/t22-/m1/s1. The summed E-state index contributed by atoms with van der Waals surface area (Å²) in [4.78, 5) is 44.3. The van der Waals surface area contributed by atoms with E-state index in [2.05, 4.69) is 4.98 Å². The van der Waals surface area contributed by atoms with Gasteiger partial charge >= 0.3 is 11.9 Å². The Morgan fingerprint density at radius 2 is 1.69 bits per heavy atom. The average molecular weight is 503 g/mol. The fourth-order valence-electron chi connectivity index (χ4n) is 4.15. The number of halogens is 1. The largest absolute Gasteiger partial charge is 0.507 e. The third-order valence-electron chi connectivity index (χ3n) is 5.95. The molecule has 0 unspecified atom stereocenters. The summed E-state index contributed by atoms with van der Waals surface area (Å²) in [5.41, 5.74) is 2.47. The second-order valence-electron chi connectivity index (χ2n) is 8.26. The van der Waals surface area contributed by atoms with Crippen molar-refractivity contribution in [3.8, 4) is 0 Å². The molecule has 1 aliphatic heterocycles. The molecule has 7 nitrogen and oxygen atoms in total. The summed E-state index contributed by atoms with van der Waals surface area (Å²) in [6, 6.07) is 15.8. The molecule has 1 amide bonds. The van der Waals surface area contributed by atoms with Crippen molar-refractivity contribution in [3.05, 3.63) is 100 Å². The first-order valence-electron chi connectivity index (χ1n) is 10.9. The van der Waals surface area contributed by atoms with Gasteiger partial charge in [-0.25, -0.2) is 14.2 Å². The van der Waals surface area contributed by atoms with Crippen LogP contribution in [0.1, 0.15) is 33.1 Å². The molecule has 9 heteroatoms. The summed E-state index contributed by atoms with van der Waals surface area (Å²) >= 11 is 1.25. The number of anilines is 1. The number of esters is 1. The molecule has 0 saturated carbocycles. The predicted octanol–water partition coefficient (Wildman–Crippen LogP) is 5.16. The van der Waals surface area contributed by atoms with E-state index >= 15 is 0 Å². The van der Waals surface area contributed by atoms with Gasteiger partial charge in [-0.3, -0.25) is 14.5 Å². The number of carbonyl (C=O) groups excluding carboxylic acids is 3. The zero-order chi connectivity index (χ0) is 25.6. The number of nitrogens with zero attached hydrogens (tertiary/aromatic N) is 2. The van der Waals surface area contributed by atoms with Gasteiger partial charge in [0.05, 0.1) is 34.5 Å². The maximum atomic E-state index is 13.5. The number of amides is 1. The SMILES string of the molecule is COC(=O)c1ccc([C@@H]2/C(=C(\O)c3ccc(F)cc3)C(=O)C(=O)N2c2nc3ccc(C)cc3s2)cc1. The van der Waals surface area contributed by atoms with Crippen molar-refractivity contribution in [2.45, 2.75) is 13.0 Å². The molecule has 0 radical (unpaired) electrons. The molecule has 0 aliphatic carbocycles. The normalized spacial score (nSPS) is 17.1. The number of ketones is 1. The first-order valence-corrected chi connectivity index (χ1v) is 11.7. The molecular formula is C27H19FN2O5S. The molecule has 4 aromatic rings. The Kier molecular flexibility index (Phi) is 5.85. The highest BCUT2D eigenvalue weighted by molar-refractivity contribution is 7.22.